The zero-order valence-corrected chi connectivity index (χ0v) is 10.5. The minimum atomic E-state index is -4.34. The van der Waals surface area contributed by atoms with Gasteiger partial charge in [0.1, 0.15) is 0 Å². The molecule has 0 bridgehead atoms. The van der Waals surface area contributed by atoms with Crippen LogP contribution in [0.2, 0.25) is 0 Å². The number of hydrogen-bond acceptors (Lipinski definition) is 0. The molecule has 1 nitrogen and oxygen atoms in total. The van der Waals surface area contributed by atoms with Gasteiger partial charge in [-0.05, 0) is 44.5 Å². The van der Waals surface area contributed by atoms with E-state index in [-0.39, 0.29) is 5.69 Å². The summed E-state index contributed by atoms with van der Waals surface area (Å²) in [5.41, 5.74) is 2.22. The largest absolute Gasteiger partial charge is 0.418 e. The first-order valence-electron chi connectivity index (χ1n) is 5.64. The predicted molar refractivity (Wildman–Crippen MR) is 65.0 cm³/mol. The third-order valence-electron chi connectivity index (χ3n) is 3.13. The summed E-state index contributed by atoms with van der Waals surface area (Å²) in [5, 5.41) is 0. The Morgan fingerprint density at radius 3 is 2.11 bits per heavy atom. The maximum Gasteiger partial charge on any atom is 0.418 e. The third kappa shape index (κ3) is 2.03. The first kappa shape index (κ1) is 12.7. The molecule has 0 atom stereocenters. The Bertz CT molecular complexity index is 579. The summed E-state index contributed by atoms with van der Waals surface area (Å²) in [4.78, 5) is 0. The molecule has 0 saturated carbocycles. The van der Waals surface area contributed by atoms with Crippen molar-refractivity contribution in [1.82, 2.24) is 4.57 Å². The molecular weight excluding hydrogens is 239 g/mol. The van der Waals surface area contributed by atoms with Crippen LogP contribution in [0.15, 0.2) is 30.3 Å². The summed E-state index contributed by atoms with van der Waals surface area (Å²) < 4.78 is 40.6. The molecule has 0 aliphatic rings. The second kappa shape index (κ2) is 4.19. The smallest absolute Gasteiger partial charge is 0.318 e. The van der Waals surface area contributed by atoms with E-state index in [0.29, 0.717) is 0 Å². The van der Waals surface area contributed by atoms with Gasteiger partial charge in [0, 0.05) is 11.4 Å². The van der Waals surface area contributed by atoms with Crippen molar-refractivity contribution >= 4 is 0 Å². The number of rotatable bonds is 1. The number of para-hydroxylation sites is 1. The van der Waals surface area contributed by atoms with Gasteiger partial charge in [-0.2, -0.15) is 13.2 Å². The van der Waals surface area contributed by atoms with Crippen molar-refractivity contribution in [3.05, 3.63) is 52.8 Å². The molecule has 0 saturated heterocycles. The Kier molecular flexibility index (Phi) is 2.97. The average molecular weight is 253 g/mol. The van der Waals surface area contributed by atoms with Crippen LogP contribution in [0, 0.1) is 20.8 Å². The number of aryl methyl sites for hydroxylation is 2. The van der Waals surface area contributed by atoms with E-state index in [9.17, 15) is 13.2 Å². The topological polar surface area (TPSA) is 4.93 Å². The second-order valence-electron chi connectivity index (χ2n) is 4.40. The van der Waals surface area contributed by atoms with Crippen LogP contribution >= 0.6 is 0 Å². The van der Waals surface area contributed by atoms with E-state index in [2.05, 4.69) is 0 Å². The van der Waals surface area contributed by atoms with Crippen LogP contribution in [-0.2, 0) is 6.18 Å². The summed E-state index contributed by atoms with van der Waals surface area (Å²) in [5.74, 6) is 0. The molecule has 1 heterocycles. The lowest BCUT2D eigenvalue weighted by Crippen LogP contribution is -2.12. The van der Waals surface area contributed by atoms with Gasteiger partial charge in [-0.25, -0.2) is 0 Å². The number of aromatic nitrogens is 1. The van der Waals surface area contributed by atoms with Gasteiger partial charge in [0.2, 0.25) is 0 Å². The van der Waals surface area contributed by atoms with Gasteiger partial charge in [0.25, 0.3) is 0 Å². The Labute approximate surface area is 104 Å². The molecule has 0 radical (unpaired) electrons. The molecular formula is C14H14F3N. The van der Waals surface area contributed by atoms with Crippen molar-refractivity contribution in [1.29, 1.82) is 0 Å². The van der Waals surface area contributed by atoms with Crippen LogP contribution in [0.25, 0.3) is 5.69 Å². The van der Waals surface area contributed by atoms with Crippen LogP contribution in [0.5, 0.6) is 0 Å². The number of nitrogens with zero attached hydrogens (tertiary/aromatic N) is 1. The fourth-order valence-electron chi connectivity index (χ4n) is 2.20. The highest BCUT2D eigenvalue weighted by Crippen LogP contribution is 2.35. The molecule has 0 N–H and O–H groups in total. The van der Waals surface area contributed by atoms with Gasteiger partial charge in [-0.3, -0.25) is 0 Å². The lowest BCUT2D eigenvalue weighted by Gasteiger charge is -2.16. The fourth-order valence-corrected chi connectivity index (χ4v) is 2.20. The summed E-state index contributed by atoms with van der Waals surface area (Å²) >= 11 is 0. The molecule has 2 rings (SSSR count). The van der Waals surface area contributed by atoms with E-state index in [1.165, 1.54) is 12.1 Å². The molecule has 4 heteroatoms. The number of halogens is 3. The van der Waals surface area contributed by atoms with Crippen LogP contribution in [0.4, 0.5) is 13.2 Å². The Hall–Kier alpha value is -1.71. The van der Waals surface area contributed by atoms with Crippen molar-refractivity contribution in [2.24, 2.45) is 0 Å². The standard InChI is InChI=1S/C14H14F3N/c1-9-8-10(2)18(11(9)3)13-7-5-4-6-12(13)14(15,16)17/h4-8H,1-3H3. The monoisotopic (exact) mass is 253 g/mol. The maximum absolute atomic E-state index is 13.0. The van der Waals surface area contributed by atoms with E-state index < -0.39 is 11.7 Å². The first-order valence-corrected chi connectivity index (χ1v) is 5.64. The summed E-state index contributed by atoms with van der Waals surface area (Å²) in [6.07, 6.45) is -4.34. The van der Waals surface area contributed by atoms with Gasteiger partial charge in [0.15, 0.2) is 0 Å². The highest BCUT2D eigenvalue weighted by molar-refractivity contribution is 5.47. The van der Waals surface area contributed by atoms with Crippen molar-refractivity contribution in [3.63, 3.8) is 0 Å². The van der Waals surface area contributed by atoms with Gasteiger partial charge in [-0.1, -0.05) is 12.1 Å². The van der Waals surface area contributed by atoms with Gasteiger partial charge < -0.3 is 4.57 Å². The predicted octanol–water partition coefficient (Wildman–Crippen LogP) is 4.42. The van der Waals surface area contributed by atoms with E-state index in [4.69, 9.17) is 0 Å². The lowest BCUT2D eigenvalue weighted by molar-refractivity contribution is -0.137. The molecule has 0 unspecified atom stereocenters. The highest BCUT2D eigenvalue weighted by Gasteiger charge is 2.34. The Morgan fingerprint density at radius 2 is 1.61 bits per heavy atom. The van der Waals surface area contributed by atoms with Crippen LogP contribution < -0.4 is 0 Å². The second-order valence-corrected chi connectivity index (χ2v) is 4.40. The normalized spacial score (nSPS) is 11.9. The van der Waals surface area contributed by atoms with E-state index in [1.54, 1.807) is 10.6 Å². The molecule has 0 spiro atoms. The van der Waals surface area contributed by atoms with Crippen molar-refractivity contribution in [2.45, 2.75) is 26.9 Å². The molecule has 0 aliphatic carbocycles. The maximum atomic E-state index is 13.0. The fraction of sp³-hybridized carbons (Fsp3) is 0.286. The lowest BCUT2D eigenvalue weighted by atomic mass is 10.1. The quantitative estimate of drug-likeness (QED) is 0.709. The molecule has 0 amide bonds. The minimum Gasteiger partial charge on any atom is -0.318 e. The summed E-state index contributed by atoms with van der Waals surface area (Å²) in [6, 6.07) is 7.54. The third-order valence-corrected chi connectivity index (χ3v) is 3.13. The summed E-state index contributed by atoms with van der Waals surface area (Å²) in [6.45, 7) is 5.54. The Balaban J connectivity index is 2.72. The number of hydrogen-bond donors (Lipinski definition) is 0. The van der Waals surface area contributed by atoms with Gasteiger partial charge in [0.05, 0.1) is 11.3 Å². The molecule has 18 heavy (non-hydrogen) atoms. The summed E-state index contributed by atoms with van der Waals surface area (Å²) in [7, 11) is 0. The molecule has 96 valence electrons. The van der Waals surface area contributed by atoms with Crippen LogP contribution in [0.3, 0.4) is 0 Å². The SMILES string of the molecule is Cc1cc(C)n(-c2ccccc2C(F)(F)F)c1C. The molecule has 0 fully saturated rings. The number of alkyl halides is 3. The Morgan fingerprint density at radius 1 is 1.00 bits per heavy atom. The number of benzene rings is 1. The minimum absolute atomic E-state index is 0.188. The van der Waals surface area contributed by atoms with Crippen molar-refractivity contribution in [2.75, 3.05) is 0 Å². The van der Waals surface area contributed by atoms with Crippen LogP contribution in [-0.4, -0.2) is 4.57 Å². The van der Waals surface area contributed by atoms with Crippen molar-refractivity contribution in [3.8, 4) is 5.69 Å². The molecule has 0 aliphatic heterocycles. The van der Waals surface area contributed by atoms with E-state index in [0.717, 1.165) is 23.0 Å². The molecule has 1 aromatic carbocycles. The van der Waals surface area contributed by atoms with Crippen LogP contribution in [0.1, 0.15) is 22.5 Å². The van der Waals surface area contributed by atoms with E-state index >= 15 is 0 Å². The van der Waals surface area contributed by atoms with E-state index in [1.807, 2.05) is 26.8 Å². The van der Waals surface area contributed by atoms with Crippen molar-refractivity contribution < 1.29 is 13.2 Å². The van der Waals surface area contributed by atoms with Gasteiger partial charge >= 0.3 is 6.18 Å². The first-order chi connectivity index (χ1) is 8.32. The highest BCUT2D eigenvalue weighted by atomic mass is 19.4. The average Bonchev–Trinajstić information content (AvgIpc) is 2.52. The van der Waals surface area contributed by atoms with Gasteiger partial charge in [-0.15, -0.1) is 0 Å². The molecule has 1 aromatic heterocycles. The zero-order valence-electron chi connectivity index (χ0n) is 10.5. The molecule has 2 aromatic rings. The zero-order chi connectivity index (χ0) is 13.5.